The monoisotopic (exact) mass is 554 g/mol. The molecule has 210 valence electrons. The van der Waals surface area contributed by atoms with Crippen LogP contribution in [-0.2, 0) is 12.8 Å². The number of hydrogen-bond acceptors (Lipinski definition) is 4. The summed E-state index contributed by atoms with van der Waals surface area (Å²) >= 11 is 0. The molecule has 1 heterocycles. The number of carbonyl (C=O) groups excluding carboxylic acids is 1. The highest BCUT2D eigenvalue weighted by molar-refractivity contribution is 5.94. The molecule has 0 saturated carbocycles. The minimum absolute atomic E-state index is 0.0808. The molecular weight excluding hydrogens is 520 g/mol. The third-order valence-corrected chi connectivity index (χ3v) is 7.82. The predicted molar refractivity (Wildman–Crippen MR) is 167 cm³/mol. The number of hydrogen-bond donors (Lipinski definition) is 2. The maximum Gasteiger partial charge on any atom is 0.251 e. The molecule has 1 atom stereocenters. The number of phenols is 1. The van der Waals surface area contributed by atoms with Crippen LogP contribution in [0.3, 0.4) is 0 Å². The van der Waals surface area contributed by atoms with Gasteiger partial charge < -0.3 is 14.8 Å². The van der Waals surface area contributed by atoms with Gasteiger partial charge in [-0.2, -0.15) is 0 Å². The van der Waals surface area contributed by atoms with E-state index < -0.39 is 0 Å². The smallest absolute Gasteiger partial charge is 0.251 e. The number of allylic oxidation sites excluding steroid dienone is 2. The van der Waals surface area contributed by atoms with Crippen LogP contribution in [0.2, 0.25) is 0 Å². The fourth-order valence-electron chi connectivity index (χ4n) is 5.65. The summed E-state index contributed by atoms with van der Waals surface area (Å²) in [7, 11) is 0. The lowest BCUT2D eigenvalue weighted by Gasteiger charge is -2.22. The van der Waals surface area contributed by atoms with Crippen LogP contribution in [0.1, 0.15) is 46.6 Å². The summed E-state index contributed by atoms with van der Waals surface area (Å²) in [4.78, 5) is 18.0. The SMILES string of the molecule is O=C(NCCc1ccc(O)cc1)c1cccc(CC2CCCC=C2c2nc(-c3ccccc3)c(-c3ccccc3)o2)c1. The van der Waals surface area contributed by atoms with Gasteiger partial charge in [-0.05, 0) is 73.4 Å². The Bertz CT molecular complexity index is 1610. The molecule has 1 aliphatic rings. The van der Waals surface area contributed by atoms with Crippen LogP contribution in [0.15, 0.2) is 120 Å². The number of phenolic OH excluding ortho intramolecular Hbond substituents is 1. The topological polar surface area (TPSA) is 75.4 Å². The third kappa shape index (κ3) is 6.36. The van der Waals surface area contributed by atoms with E-state index in [2.05, 4.69) is 41.7 Å². The summed E-state index contributed by atoms with van der Waals surface area (Å²) < 4.78 is 6.55. The van der Waals surface area contributed by atoms with Crippen molar-refractivity contribution in [1.82, 2.24) is 10.3 Å². The van der Waals surface area contributed by atoms with Gasteiger partial charge in [0, 0.05) is 28.8 Å². The lowest BCUT2D eigenvalue weighted by molar-refractivity contribution is 0.0954. The molecule has 5 aromatic rings. The molecule has 0 bridgehead atoms. The minimum atomic E-state index is -0.0808. The standard InChI is InChI=1S/C37H34N2O3/c40-32-20-18-26(19-21-32)22-23-38-36(41)31-16-9-10-27(25-31)24-30-15-7-8-17-33(30)37-39-34(28-11-3-1-4-12-28)35(42-37)29-13-5-2-6-14-29/h1-6,9-14,16-21,25,30,40H,7-8,15,22-24H2,(H,38,41). The number of carbonyl (C=O) groups is 1. The summed E-state index contributed by atoms with van der Waals surface area (Å²) in [6.07, 6.45) is 6.95. The molecule has 0 fully saturated rings. The van der Waals surface area contributed by atoms with Gasteiger partial charge in [-0.3, -0.25) is 4.79 Å². The second kappa shape index (κ2) is 12.7. The van der Waals surface area contributed by atoms with Crippen LogP contribution in [0.5, 0.6) is 5.75 Å². The Kier molecular flexibility index (Phi) is 8.27. The number of nitrogens with one attached hydrogen (secondary N) is 1. The summed E-state index contributed by atoms with van der Waals surface area (Å²) in [5.74, 6) is 1.88. The lowest BCUT2D eigenvalue weighted by Crippen LogP contribution is -2.25. The number of aromatic hydroxyl groups is 1. The van der Waals surface area contributed by atoms with Gasteiger partial charge in [0.15, 0.2) is 5.76 Å². The Labute approximate surface area is 246 Å². The summed E-state index contributed by atoms with van der Waals surface area (Å²) in [6.45, 7) is 0.529. The predicted octanol–water partition coefficient (Wildman–Crippen LogP) is 8.11. The van der Waals surface area contributed by atoms with E-state index in [9.17, 15) is 9.90 Å². The van der Waals surface area contributed by atoms with Crippen molar-refractivity contribution in [3.8, 4) is 28.3 Å². The number of amides is 1. The Hall–Kier alpha value is -4.90. The summed E-state index contributed by atoms with van der Waals surface area (Å²) in [5, 5.41) is 12.5. The molecule has 5 nitrogen and oxygen atoms in total. The minimum Gasteiger partial charge on any atom is -0.508 e. The molecular formula is C37H34N2O3. The Morgan fingerprint density at radius 1 is 0.857 bits per heavy atom. The average molecular weight is 555 g/mol. The molecule has 0 radical (unpaired) electrons. The molecule has 0 saturated heterocycles. The maximum absolute atomic E-state index is 12.9. The van der Waals surface area contributed by atoms with E-state index in [0.29, 0.717) is 24.4 Å². The van der Waals surface area contributed by atoms with Crippen LogP contribution in [0, 0.1) is 5.92 Å². The fraction of sp³-hybridized carbons (Fsp3) is 0.189. The second-order valence-corrected chi connectivity index (χ2v) is 10.8. The zero-order valence-corrected chi connectivity index (χ0v) is 23.5. The van der Waals surface area contributed by atoms with Gasteiger partial charge in [0.05, 0.1) is 0 Å². The van der Waals surface area contributed by atoms with E-state index in [-0.39, 0.29) is 17.6 Å². The van der Waals surface area contributed by atoms with Gasteiger partial charge in [-0.15, -0.1) is 0 Å². The number of benzene rings is 4. The first-order valence-corrected chi connectivity index (χ1v) is 14.6. The molecule has 6 rings (SSSR count). The van der Waals surface area contributed by atoms with Gasteiger partial charge in [-0.1, -0.05) is 91.0 Å². The third-order valence-electron chi connectivity index (χ3n) is 7.82. The number of nitrogens with zero attached hydrogens (tertiary/aromatic N) is 1. The first-order chi connectivity index (χ1) is 20.6. The molecule has 1 aromatic heterocycles. The first-order valence-electron chi connectivity index (χ1n) is 14.6. The zero-order valence-electron chi connectivity index (χ0n) is 23.5. The van der Waals surface area contributed by atoms with Gasteiger partial charge in [0.25, 0.3) is 5.91 Å². The highest BCUT2D eigenvalue weighted by Crippen LogP contribution is 2.40. The zero-order chi connectivity index (χ0) is 28.7. The van der Waals surface area contributed by atoms with E-state index in [1.165, 1.54) is 0 Å². The highest BCUT2D eigenvalue weighted by atomic mass is 16.4. The van der Waals surface area contributed by atoms with Crippen molar-refractivity contribution in [3.05, 3.63) is 138 Å². The highest BCUT2D eigenvalue weighted by Gasteiger charge is 2.26. The van der Waals surface area contributed by atoms with Gasteiger partial charge in [0.2, 0.25) is 5.89 Å². The van der Waals surface area contributed by atoms with E-state index in [0.717, 1.165) is 65.0 Å². The van der Waals surface area contributed by atoms with Gasteiger partial charge in [-0.25, -0.2) is 4.98 Å². The van der Waals surface area contributed by atoms with E-state index in [4.69, 9.17) is 9.40 Å². The Balaban J connectivity index is 1.20. The average Bonchev–Trinajstić information content (AvgIpc) is 3.49. The lowest BCUT2D eigenvalue weighted by atomic mass is 9.83. The normalized spacial score (nSPS) is 14.8. The van der Waals surface area contributed by atoms with Crippen molar-refractivity contribution in [2.45, 2.75) is 32.1 Å². The van der Waals surface area contributed by atoms with Crippen LogP contribution >= 0.6 is 0 Å². The summed E-state index contributed by atoms with van der Waals surface area (Å²) in [6, 6.07) is 35.4. The Morgan fingerprint density at radius 3 is 2.36 bits per heavy atom. The summed E-state index contributed by atoms with van der Waals surface area (Å²) in [5.41, 5.74) is 6.88. The molecule has 1 amide bonds. The first kappa shape index (κ1) is 27.3. The number of rotatable bonds is 9. The molecule has 2 N–H and O–H groups in total. The quantitative estimate of drug-likeness (QED) is 0.193. The molecule has 0 aliphatic heterocycles. The van der Waals surface area contributed by atoms with Crippen molar-refractivity contribution in [1.29, 1.82) is 0 Å². The largest absolute Gasteiger partial charge is 0.508 e. The van der Waals surface area contributed by atoms with E-state index in [1.54, 1.807) is 12.1 Å². The van der Waals surface area contributed by atoms with Crippen molar-refractivity contribution in [3.63, 3.8) is 0 Å². The molecule has 5 heteroatoms. The van der Waals surface area contributed by atoms with E-state index in [1.807, 2.05) is 66.7 Å². The molecule has 1 aliphatic carbocycles. The van der Waals surface area contributed by atoms with Gasteiger partial charge in [0.1, 0.15) is 11.4 Å². The number of aromatic nitrogens is 1. The maximum atomic E-state index is 12.9. The second-order valence-electron chi connectivity index (χ2n) is 10.8. The van der Waals surface area contributed by atoms with Crippen molar-refractivity contribution in [2.24, 2.45) is 5.92 Å². The van der Waals surface area contributed by atoms with Gasteiger partial charge >= 0.3 is 0 Å². The van der Waals surface area contributed by atoms with Crippen molar-refractivity contribution in [2.75, 3.05) is 6.54 Å². The molecule has 4 aromatic carbocycles. The molecule has 0 spiro atoms. The van der Waals surface area contributed by atoms with Crippen molar-refractivity contribution < 1.29 is 14.3 Å². The van der Waals surface area contributed by atoms with Crippen LogP contribution in [0.25, 0.3) is 28.2 Å². The van der Waals surface area contributed by atoms with Crippen LogP contribution in [0.4, 0.5) is 0 Å². The molecule has 42 heavy (non-hydrogen) atoms. The number of oxazole rings is 1. The fourth-order valence-corrected chi connectivity index (χ4v) is 5.65. The van der Waals surface area contributed by atoms with E-state index >= 15 is 0 Å². The van der Waals surface area contributed by atoms with Crippen molar-refractivity contribution >= 4 is 11.5 Å². The Morgan fingerprint density at radius 2 is 1.60 bits per heavy atom. The molecule has 1 unspecified atom stereocenters. The van der Waals surface area contributed by atoms with Crippen LogP contribution in [-0.4, -0.2) is 22.5 Å². The van der Waals surface area contributed by atoms with Crippen LogP contribution < -0.4 is 5.32 Å².